The van der Waals surface area contributed by atoms with Gasteiger partial charge in [0, 0.05) is 6.54 Å². The fourth-order valence-electron chi connectivity index (χ4n) is 4.86. The second-order valence-electron chi connectivity index (χ2n) is 14.8. The Kier molecular flexibility index (Phi) is 16.3. The van der Waals surface area contributed by atoms with Crippen LogP contribution in [0.4, 0.5) is 4.79 Å². The zero-order valence-electron chi connectivity index (χ0n) is 30.3. The Morgan fingerprint density at radius 1 is 0.667 bits per heavy atom. The molecule has 1 aromatic carbocycles. The second-order valence-corrected chi connectivity index (χ2v) is 14.8. The van der Waals surface area contributed by atoms with Crippen molar-refractivity contribution < 1.29 is 52.3 Å². The summed E-state index contributed by atoms with van der Waals surface area (Å²) >= 11 is 0. The molecule has 1 aliphatic heterocycles. The van der Waals surface area contributed by atoms with Crippen molar-refractivity contribution in [2.75, 3.05) is 32.9 Å². The van der Waals surface area contributed by atoms with E-state index in [0.717, 1.165) is 5.56 Å². The molecule has 48 heavy (non-hydrogen) atoms. The summed E-state index contributed by atoms with van der Waals surface area (Å²) in [6.07, 6.45) is -1.63. The van der Waals surface area contributed by atoms with E-state index in [4.69, 9.17) is 33.2 Å². The largest absolute Gasteiger partial charge is 0.460 e. The van der Waals surface area contributed by atoms with Gasteiger partial charge in [-0.25, -0.2) is 4.79 Å². The first kappa shape index (κ1) is 41.0. The van der Waals surface area contributed by atoms with Crippen LogP contribution >= 0.6 is 0 Å². The summed E-state index contributed by atoms with van der Waals surface area (Å²) < 4.78 is 40.7. The number of benzene rings is 1. The van der Waals surface area contributed by atoms with E-state index in [1.165, 1.54) is 0 Å². The number of rotatable bonds is 14. The number of esters is 3. The summed E-state index contributed by atoms with van der Waals surface area (Å²) in [6.45, 7) is 16.7. The Hall–Kier alpha value is -3.22. The maximum atomic E-state index is 13.3. The molecule has 0 N–H and O–H groups in total. The molecule has 3 atom stereocenters. The van der Waals surface area contributed by atoms with Crippen LogP contribution in [-0.4, -0.2) is 96.9 Å². The number of likely N-dealkylation sites (tertiary alicyclic amines) is 1. The molecule has 0 aliphatic carbocycles. The highest BCUT2D eigenvalue weighted by Gasteiger charge is 2.37. The van der Waals surface area contributed by atoms with Gasteiger partial charge in [0.25, 0.3) is 0 Å². The summed E-state index contributed by atoms with van der Waals surface area (Å²) in [5.41, 5.74) is -1.09. The minimum Gasteiger partial charge on any atom is -0.460 e. The van der Waals surface area contributed by atoms with Crippen molar-refractivity contribution in [1.29, 1.82) is 0 Å². The predicted octanol–water partition coefficient (Wildman–Crippen LogP) is 5.77. The molecular weight excluding hydrogens is 622 g/mol. The Bertz CT molecular complexity index is 1150. The standard InChI is InChI=1S/C36H57NO11/c1-34(2,3)46-29(38)17-21-42-27-16-13-20-37(33(41)45-25-26-14-11-10-12-15-26)24-28(43-22-18-30(39)47-35(4,5)6)32(27)44-23-19-31(40)48-36(7,8)9/h10-12,14-15,27-28,32H,13,16-25H2,1-9H3/t27-,28+,32+/m1/s1. The van der Waals surface area contributed by atoms with Crippen molar-refractivity contribution >= 4 is 24.0 Å². The van der Waals surface area contributed by atoms with Gasteiger partial charge in [0.15, 0.2) is 0 Å². The van der Waals surface area contributed by atoms with Gasteiger partial charge in [0.1, 0.15) is 35.6 Å². The lowest BCUT2D eigenvalue weighted by molar-refractivity contribution is -0.172. The SMILES string of the molecule is CC(C)(C)OC(=O)CCO[C@@H]1[C@@H](OCCC(=O)OC(C)(C)C)CN(C(=O)OCc2ccccc2)CCC[C@H]1OCCC(=O)OC(C)(C)C. The molecule has 0 bridgehead atoms. The van der Waals surface area contributed by atoms with Crippen LogP contribution in [0.1, 0.15) is 100.0 Å². The average Bonchev–Trinajstić information content (AvgIpc) is 2.93. The van der Waals surface area contributed by atoms with Gasteiger partial charge in [-0.1, -0.05) is 30.3 Å². The topological polar surface area (TPSA) is 136 Å². The van der Waals surface area contributed by atoms with E-state index in [1.54, 1.807) is 67.2 Å². The van der Waals surface area contributed by atoms with Crippen molar-refractivity contribution in [2.45, 2.75) is 136 Å². The summed E-state index contributed by atoms with van der Waals surface area (Å²) in [6, 6.07) is 9.37. The third-order valence-electron chi connectivity index (χ3n) is 6.67. The highest BCUT2D eigenvalue weighted by atomic mass is 16.6. The Balaban J connectivity index is 2.26. The number of carbonyl (C=O) groups excluding carboxylic acids is 4. The van der Waals surface area contributed by atoms with Crippen molar-refractivity contribution in [3.8, 4) is 0 Å². The molecule has 1 amide bonds. The average molecular weight is 680 g/mol. The molecule has 0 saturated carbocycles. The third kappa shape index (κ3) is 17.8. The molecule has 272 valence electrons. The lowest BCUT2D eigenvalue weighted by Gasteiger charge is -2.38. The first-order chi connectivity index (χ1) is 22.3. The summed E-state index contributed by atoms with van der Waals surface area (Å²) in [5.74, 6) is -1.25. The number of nitrogens with zero attached hydrogens (tertiary/aromatic N) is 1. The molecule has 12 heteroatoms. The van der Waals surface area contributed by atoms with Crippen LogP contribution in [0.25, 0.3) is 0 Å². The summed E-state index contributed by atoms with van der Waals surface area (Å²) in [5, 5.41) is 0. The molecule has 0 radical (unpaired) electrons. The van der Waals surface area contributed by atoms with E-state index < -0.39 is 59.1 Å². The van der Waals surface area contributed by atoms with Crippen LogP contribution in [0.15, 0.2) is 30.3 Å². The normalized spacial score (nSPS) is 19.1. The number of amides is 1. The number of ether oxygens (including phenoxy) is 7. The van der Waals surface area contributed by atoms with Crippen LogP contribution in [0.3, 0.4) is 0 Å². The minimum absolute atomic E-state index is 0.00408. The predicted molar refractivity (Wildman–Crippen MR) is 178 cm³/mol. The van der Waals surface area contributed by atoms with E-state index in [-0.39, 0.29) is 52.2 Å². The van der Waals surface area contributed by atoms with E-state index >= 15 is 0 Å². The van der Waals surface area contributed by atoms with Gasteiger partial charge in [-0.2, -0.15) is 0 Å². The van der Waals surface area contributed by atoms with Crippen LogP contribution < -0.4 is 0 Å². The molecule has 0 spiro atoms. The van der Waals surface area contributed by atoms with Gasteiger partial charge in [-0.3, -0.25) is 14.4 Å². The fourth-order valence-corrected chi connectivity index (χ4v) is 4.86. The monoisotopic (exact) mass is 679 g/mol. The lowest BCUT2D eigenvalue weighted by Crippen LogP contribution is -2.52. The van der Waals surface area contributed by atoms with Crippen molar-refractivity contribution in [3.63, 3.8) is 0 Å². The van der Waals surface area contributed by atoms with Crippen LogP contribution in [0.5, 0.6) is 0 Å². The van der Waals surface area contributed by atoms with Crippen molar-refractivity contribution in [2.24, 2.45) is 0 Å². The molecule has 1 saturated heterocycles. The maximum absolute atomic E-state index is 13.3. The molecular formula is C36H57NO11. The van der Waals surface area contributed by atoms with Gasteiger partial charge in [0.2, 0.25) is 0 Å². The molecule has 2 rings (SSSR count). The van der Waals surface area contributed by atoms with Gasteiger partial charge in [0.05, 0.1) is 51.7 Å². The first-order valence-corrected chi connectivity index (χ1v) is 16.8. The van der Waals surface area contributed by atoms with Gasteiger partial charge >= 0.3 is 24.0 Å². The molecule has 0 aromatic heterocycles. The fraction of sp³-hybridized carbons (Fsp3) is 0.722. The van der Waals surface area contributed by atoms with Gasteiger partial charge < -0.3 is 38.1 Å². The molecule has 1 heterocycles. The van der Waals surface area contributed by atoms with Gasteiger partial charge in [-0.15, -0.1) is 0 Å². The number of carbonyl (C=O) groups is 4. The zero-order chi connectivity index (χ0) is 36.0. The molecule has 1 aliphatic rings. The lowest BCUT2D eigenvalue weighted by atomic mass is 9.99. The van der Waals surface area contributed by atoms with E-state index in [2.05, 4.69) is 0 Å². The third-order valence-corrected chi connectivity index (χ3v) is 6.67. The quantitative estimate of drug-likeness (QED) is 0.175. The smallest absolute Gasteiger partial charge is 0.410 e. The van der Waals surface area contributed by atoms with Crippen molar-refractivity contribution in [1.82, 2.24) is 4.90 Å². The van der Waals surface area contributed by atoms with Crippen molar-refractivity contribution in [3.05, 3.63) is 35.9 Å². The van der Waals surface area contributed by atoms with Crippen LogP contribution in [0, 0.1) is 0 Å². The Morgan fingerprint density at radius 2 is 1.12 bits per heavy atom. The van der Waals surface area contributed by atoms with Crippen LogP contribution in [-0.2, 0) is 54.1 Å². The highest BCUT2D eigenvalue weighted by Crippen LogP contribution is 2.24. The molecule has 1 aromatic rings. The van der Waals surface area contributed by atoms with Gasteiger partial charge in [-0.05, 0) is 80.7 Å². The van der Waals surface area contributed by atoms with E-state index in [1.807, 2.05) is 30.3 Å². The number of hydrogen-bond acceptors (Lipinski definition) is 11. The zero-order valence-corrected chi connectivity index (χ0v) is 30.3. The van der Waals surface area contributed by atoms with E-state index in [9.17, 15) is 19.2 Å². The maximum Gasteiger partial charge on any atom is 0.410 e. The number of hydrogen-bond donors (Lipinski definition) is 0. The van der Waals surface area contributed by atoms with Crippen LogP contribution in [0.2, 0.25) is 0 Å². The molecule has 0 unspecified atom stereocenters. The minimum atomic E-state index is -0.776. The summed E-state index contributed by atoms with van der Waals surface area (Å²) in [4.78, 5) is 52.2. The highest BCUT2D eigenvalue weighted by molar-refractivity contribution is 5.70. The molecule has 1 fully saturated rings. The Morgan fingerprint density at radius 3 is 1.60 bits per heavy atom. The summed E-state index contributed by atoms with van der Waals surface area (Å²) in [7, 11) is 0. The second kappa shape index (κ2) is 19.1. The Labute approximate surface area is 286 Å². The van der Waals surface area contributed by atoms with E-state index in [0.29, 0.717) is 19.4 Å². The first-order valence-electron chi connectivity index (χ1n) is 16.8. The molecule has 12 nitrogen and oxygen atoms in total.